The van der Waals surface area contributed by atoms with E-state index in [-0.39, 0.29) is 6.61 Å². The summed E-state index contributed by atoms with van der Waals surface area (Å²) < 4.78 is 10.2. The van der Waals surface area contributed by atoms with E-state index in [1.165, 1.54) is 6.92 Å². The molecule has 0 aliphatic rings. The van der Waals surface area contributed by atoms with Gasteiger partial charge >= 0.3 is 5.97 Å². The standard InChI is InChI=1S/C12H13NO4/c1-7(15)17-12-9-5-8(16-2)3-4-10(9)13-11(12)6-14/h3-5,13-14H,6H2,1-2H3. The average Bonchev–Trinajstić information content (AvgIpc) is 2.66. The fourth-order valence-electron chi connectivity index (χ4n) is 1.70. The van der Waals surface area contributed by atoms with E-state index in [1.807, 2.05) is 0 Å². The molecule has 0 aliphatic carbocycles. The molecule has 17 heavy (non-hydrogen) atoms. The Balaban J connectivity index is 2.62. The van der Waals surface area contributed by atoms with Crippen LogP contribution in [0.4, 0.5) is 0 Å². The number of rotatable bonds is 3. The number of hydrogen-bond acceptors (Lipinski definition) is 4. The minimum absolute atomic E-state index is 0.223. The molecule has 0 atom stereocenters. The number of benzene rings is 1. The zero-order valence-corrected chi connectivity index (χ0v) is 9.61. The molecule has 2 N–H and O–H groups in total. The second-order valence-corrected chi connectivity index (χ2v) is 3.60. The molecular weight excluding hydrogens is 222 g/mol. The van der Waals surface area contributed by atoms with Gasteiger partial charge in [0.05, 0.1) is 19.4 Å². The van der Waals surface area contributed by atoms with Crippen LogP contribution in [0.2, 0.25) is 0 Å². The fourth-order valence-corrected chi connectivity index (χ4v) is 1.70. The lowest BCUT2D eigenvalue weighted by Crippen LogP contribution is -2.03. The molecule has 0 bridgehead atoms. The summed E-state index contributed by atoms with van der Waals surface area (Å²) in [6, 6.07) is 5.35. The Morgan fingerprint density at radius 1 is 1.47 bits per heavy atom. The molecule has 0 unspecified atom stereocenters. The Morgan fingerprint density at radius 2 is 2.24 bits per heavy atom. The third-order valence-corrected chi connectivity index (χ3v) is 2.43. The number of nitrogens with one attached hydrogen (secondary N) is 1. The molecule has 1 heterocycles. The van der Waals surface area contributed by atoms with Gasteiger partial charge in [0.25, 0.3) is 0 Å². The lowest BCUT2D eigenvalue weighted by Gasteiger charge is -2.03. The molecule has 0 fully saturated rings. The monoisotopic (exact) mass is 235 g/mol. The first-order valence-corrected chi connectivity index (χ1v) is 5.13. The van der Waals surface area contributed by atoms with Gasteiger partial charge in [-0.2, -0.15) is 0 Å². The van der Waals surface area contributed by atoms with E-state index in [0.29, 0.717) is 22.6 Å². The van der Waals surface area contributed by atoms with Gasteiger partial charge in [-0.3, -0.25) is 4.79 Å². The summed E-state index contributed by atoms with van der Waals surface area (Å²) in [6.07, 6.45) is 0. The van der Waals surface area contributed by atoms with Gasteiger partial charge in [0.1, 0.15) is 5.75 Å². The van der Waals surface area contributed by atoms with Crippen LogP contribution in [0.3, 0.4) is 0 Å². The normalized spacial score (nSPS) is 10.5. The number of carbonyl (C=O) groups excluding carboxylic acids is 1. The van der Waals surface area contributed by atoms with Crippen LogP contribution >= 0.6 is 0 Å². The van der Waals surface area contributed by atoms with Gasteiger partial charge in [0.2, 0.25) is 0 Å². The molecule has 5 heteroatoms. The van der Waals surface area contributed by atoms with Crippen LogP contribution in [0.1, 0.15) is 12.6 Å². The fraction of sp³-hybridized carbons (Fsp3) is 0.250. The van der Waals surface area contributed by atoms with Crippen LogP contribution in [-0.2, 0) is 11.4 Å². The maximum atomic E-state index is 11.0. The maximum absolute atomic E-state index is 11.0. The highest BCUT2D eigenvalue weighted by Crippen LogP contribution is 2.33. The van der Waals surface area contributed by atoms with E-state index < -0.39 is 5.97 Å². The second-order valence-electron chi connectivity index (χ2n) is 3.60. The largest absolute Gasteiger partial charge is 0.497 e. The highest BCUT2D eigenvalue weighted by Gasteiger charge is 2.14. The predicted octanol–water partition coefficient (Wildman–Crippen LogP) is 1.59. The van der Waals surface area contributed by atoms with E-state index in [4.69, 9.17) is 9.47 Å². The molecule has 0 aliphatic heterocycles. The molecule has 0 radical (unpaired) electrons. The van der Waals surface area contributed by atoms with Crippen LogP contribution in [0.5, 0.6) is 11.5 Å². The first-order chi connectivity index (χ1) is 8.15. The number of hydrogen-bond donors (Lipinski definition) is 2. The van der Waals surface area contributed by atoms with Crippen LogP contribution in [0.25, 0.3) is 10.9 Å². The third-order valence-electron chi connectivity index (χ3n) is 2.43. The highest BCUT2D eigenvalue weighted by molar-refractivity contribution is 5.91. The number of methoxy groups -OCH3 is 1. The molecule has 2 rings (SSSR count). The molecule has 1 aromatic carbocycles. The summed E-state index contributed by atoms with van der Waals surface area (Å²) in [6.45, 7) is 1.10. The molecule has 0 saturated heterocycles. The van der Waals surface area contributed by atoms with Gasteiger partial charge in [0, 0.05) is 17.8 Å². The van der Waals surface area contributed by atoms with Crippen molar-refractivity contribution >= 4 is 16.9 Å². The van der Waals surface area contributed by atoms with Gasteiger partial charge < -0.3 is 19.6 Å². The quantitative estimate of drug-likeness (QED) is 0.792. The average molecular weight is 235 g/mol. The summed E-state index contributed by atoms with van der Waals surface area (Å²) >= 11 is 0. The maximum Gasteiger partial charge on any atom is 0.308 e. The third kappa shape index (κ3) is 2.09. The Hall–Kier alpha value is -2.01. The minimum atomic E-state index is -0.427. The van der Waals surface area contributed by atoms with Gasteiger partial charge in [0.15, 0.2) is 5.75 Å². The van der Waals surface area contributed by atoms with Crippen LogP contribution in [0, 0.1) is 0 Å². The molecule has 90 valence electrons. The molecule has 5 nitrogen and oxygen atoms in total. The van der Waals surface area contributed by atoms with Gasteiger partial charge in [-0.05, 0) is 18.2 Å². The number of ether oxygens (including phenoxy) is 2. The van der Waals surface area contributed by atoms with Crippen molar-refractivity contribution in [2.45, 2.75) is 13.5 Å². The smallest absolute Gasteiger partial charge is 0.308 e. The van der Waals surface area contributed by atoms with Gasteiger partial charge in [-0.15, -0.1) is 0 Å². The summed E-state index contributed by atoms with van der Waals surface area (Å²) in [5.74, 6) is 0.590. The zero-order valence-electron chi connectivity index (χ0n) is 9.61. The number of H-pyrrole nitrogens is 1. The minimum Gasteiger partial charge on any atom is -0.497 e. The van der Waals surface area contributed by atoms with Crippen molar-refractivity contribution in [3.05, 3.63) is 23.9 Å². The number of aliphatic hydroxyl groups excluding tert-OH is 1. The van der Waals surface area contributed by atoms with Crippen molar-refractivity contribution in [3.8, 4) is 11.5 Å². The summed E-state index contributed by atoms with van der Waals surface area (Å²) in [5, 5.41) is 9.92. The summed E-state index contributed by atoms with van der Waals surface area (Å²) in [7, 11) is 1.56. The Kier molecular flexibility index (Phi) is 3.01. The van der Waals surface area contributed by atoms with E-state index >= 15 is 0 Å². The zero-order chi connectivity index (χ0) is 12.4. The van der Waals surface area contributed by atoms with Crippen molar-refractivity contribution in [3.63, 3.8) is 0 Å². The first-order valence-electron chi connectivity index (χ1n) is 5.13. The number of esters is 1. The molecule has 2 aromatic rings. The number of fused-ring (bicyclic) bond motifs is 1. The lowest BCUT2D eigenvalue weighted by atomic mass is 10.2. The van der Waals surface area contributed by atoms with E-state index in [2.05, 4.69) is 4.98 Å². The van der Waals surface area contributed by atoms with E-state index in [1.54, 1.807) is 25.3 Å². The highest BCUT2D eigenvalue weighted by atomic mass is 16.5. The second kappa shape index (κ2) is 4.47. The van der Waals surface area contributed by atoms with Crippen LogP contribution in [-0.4, -0.2) is 23.2 Å². The Morgan fingerprint density at radius 3 is 2.82 bits per heavy atom. The Labute approximate surface area is 98.0 Å². The van der Waals surface area contributed by atoms with Crippen molar-refractivity contribution < 1.29 is 19.4 Å². The number of aliphatic hydroxyl groups is 1. The van der Waals surface area contributed by atoms with Crippen LogP contribution in [0.15, 0.2) is 18.2 Å². The van der Waals surface area contributed by atoms with Crippen molar-refractivity contribution in [2.75, 3.05) is 7.11 Å². The van der Waals surface area contributed by atoms with Crippen molar-refractivity contribution in [1.29, 1.82) is 0 Å². The number of aromatic amines is 1. The number of carbonyl (C=O) groups is 1. The SMILES string of the molecule is COc1ccc2[nH]c(CO)c(OC(C)=O)c2c1. The predicted molar refractivity (Wildman–Crippen MR) is 62.1 cm³/mol. The molecular formula is C12H13NO4. The topological polar surface area (TPSA) is 71.6 Å². The molecule has 0 amide bonds. The summed E-state index contributed by atoms with van der Waals surface area (Å²) in [4.78, 5) is 14.0. The van der Waals surface area contributed by atoms with Gasteiger partial charge in [-0.1, -0.05) is 0 Å². The first kappa shape index (κ1) is 11.5. The lowest BCUT2D eigenvalue weighted by molar-refractivity contribution is -0.131. The molecule has 0 saturated carbocycles. The van der Waals surface area contributed by atoms with E-state index in [0.717, 1.165) is 5.52 Å². The van der Waals surface area contributed by atoms with Crippen molar-refractivity contribution in [2.24, 2.45) is 0 Å². The van der Waals surface area contributed by atoms with Crippen LogP contribution < -0.4 is 9.47 Å². The Bertz CT molecular complexity index is 559. The molecule has 1 aromatic heterocycles. The van der Waals surface area contributed by atoms with Crippen molar-refractivity contribution in [1.82, 2.24) is 4.98 Å². The summed E-state index contributed by atoms with van der Waals surface area (Å²) in [5.41, 5.74) is 1.26. The van der Waals surface area contributed by atoms with E-state index in [9.17, 15) is 9.90 Å². The number of aromatic nitrogens is 1. The van der Waals surface area contributed by atoms with Gasteiger partial charge in [-0.25, -0.2) is 0 Å². The molecule has 0 spiro atoms.